The Labute approximate surface area is 112 Å². The Morgan fingerprint density at radius 1 is 0.947 bits per heavy atom. The molecule has 0 amide bonds. The van der Waals surface area contributed by atoms with Crippen LogP contribution in [-0.4, -0.2) is 19.7 Å². The van der Waals surface area contributed by atoms with E-state index in [1.165, 1.54) is 44.3 Å². The van der Waals surface area contributed by atoms with Gasteiger partial charge in [0.25, 0.3) is 0 Å². The van der Waals surface area contributed by atoms with E-state index in [1.807, 2.05) is 24.5 Å². The quantitative estimate of drug-likeness (QED) is 0.786. The molecule has 2 aromatic heterocycles. The second-order valence-corrected chi connectivity index (χ2v) is 5.80. The van der Waals surface area contributed by atoms with Crippen molar-refractivity contribution in [1.29, 1.82) is 0 Å². The van der Waals surface area contributed by atoms with Gasteiger partial charge >= 0.3 is 0 Å². The molecule has 98 valence electrons. The lowest BCUT2D eigenvalue weighted by atomic mass is 9.80. The Hall–Kier alpha value is -1.71. The summed E-state index contributed by atoms with van der Waals surface area (Å²) in [5.41, 5.74) is 1.44. The molecule has 4 rings (SSSR count). The van der Waals surface area contributed by atoms with E-state index < -0.39 is 0 Å². The van der Waals surface area contributed by atoms with E-state index in [1.54, 1.807) is 0 Å². The minimum Gasteiger partial charge on any atom is -0.305 e. The van der Waals surface area contributed by atoms with Crippen LogP contribution in [0.15, 0.2) is 24.5 Å². The Morgan fingerprint density at radius 3 is 2.53 bits per heavy atom. The fourth-order valence-corrected chi connectivity index (χ4v) is 3.80. The topological polar surface area (TPSA) is 43.6 Å². The van der Waals surface area contributed by atoms with E-state index in [9.17, 15) is 0 Å². The number of fused-ring (bicyclic) bond motifs is 2. The van der Waals surface area contributed by atoms with E-state index >= 15 is 0 Å². The van der Waals surface area contributed by atoms with Crippen molar-refractivity contribution in [1.82, 2.24) is 19.7 Å². The first-order chi connectivity index (χ1) is 9.39. The van der Waals surface area contributed by atoms with Crippen LogP contribution >= 0.6 is 0 Å². The predicted molar refractivity (Wildman–Crippen MR) is 72.6 cm³/mol. The largest absolute Gasteiger partial charge is 0.305 e. The summed E-state index contributed by atoms with van der Waals surface area (Å²) in [7, 11) is 0. The lowest BCUT2D eigenvalue weighted by Gasteiger charge is -2.36. The molecule has 0 saturated heterocycles. The molecule has 4 heteroatoms. The molecule has 2 aliphatic rings. The first kappa shape index (κ1) is 11.1. The van der Waals surface area contributed by atoms with Crippen molar-refractivity contribution < 1.29 is 0 Å². The predicted octanol–water partition coefficient (Wildman–Crippen LogP) is 2.95. The van der Waals surface area contributed by atoms with E-state index in [0.29, 0.717) is 5.54 Å². The second kappa shape index (κ2) is 4.15. The Bertz CT molecular complexity index is 581. The first-order valence-corrected chi connectivity index (χ1v) is 7.24. The molecule has 0 bridgehead atoms. The number of pyridine rings is 1. The highest BCUT2D eigenvalue weighted by atomic mass is 15.3. The van der Waals surface area contributed by atoms with E-state index in [0.717, 1.165) is 17.8 Å². The first-order valence-electron chi connectivity index (χ1n) is 7.24. The molecule has 1 saturated carbocycles. The Morgan fingerprint density at radius 2 is 1.74 bits per heavy atom. The van der Waals surface area contributed by atoms with Crippen LogP contribution in [0.3, 0.4) is 0 Å². The summed E-state index contributed by atoms with van der Waals surface area (Å²) in [6.07, 6.45) is 12.6. The monoisotopic (exact) mass is 254 g/mol. The summed E-state index contributed by atoms with van der Waals surface area (Å²) < 4.78 is 2.45. The molecular weight excluding hydrogens is 236 g/mol. The average molecular weight is 254 g/mol. The average Bonchev–Trinajstić information content (AvgIpc) is 3.04. The Kier molecular flexibility index (Phi) is 2.43. The molecule has 0 unspecified atom stereocenters. The molecule has 1 fully saturated rings. The van der Waals surface area contributed by atoms with Crippen LogP contribution in [0.5, 0.6) is 0 Å². The maximum Gasteiger partial charge on any atom is 0.164 e. The van der Waals surface area contributed by atoms with Crippen LogP contribution in [0.2, 0.25) is 0 Å². The highest BCUT2D eigenvalue weighted by molar-refractivity contribution is 5.55. The normalized spacial score (nSPS) is 20.6. The highest BCUT2D eigenvalue weighted by Crippen LogP contribution is 2.45. The number of hydrogen-bond acceptors (Lipinski definition) is 3. The number of hydrogen-bond donors (Lipinski definition) is 0. The molecule has 0 radical (unpaired) electrons. The van der Waals surface area contributed by atoms with E-state index in [2.05, 4.69) is 19.7 Å². The molecule has 2 aromatic rings. The highest BCUT2D eigenvalue weighted by Gasteiger charge is 2.42. The van der Waals surface area contributed by atoms with E-state index in [-0.39, 0.29) is 0 Å². The van der Waals surface area contributed by atoms with Crippen molar-refractivity contribution in [2.75, 3.05) is 0 Å². The molecular formula is C15H18N4. The summed E-state index contributed by atoms with van der Waals surface area (Å²) in [6.45, 7) is 0. The molecule has 19 heavy (non-hydrogen) atoms. The molecule has 0 atom stereocenters. The lowest BCUT2D eigenvalue weighted by Crippen LogP contribution is -2.33. The second-order valence-electron chi connectivity index (χ2n) is 5.80. The summed E-state index contributed by atoms with van der Waals surface area (Å²) in [5.74, 6) is 2.21. The minimum absolute atomic E-state index is 0.301. The number of rotatable bonds is 1. The van der Waals surface area contributed by atoms with Gasteiger partial charge in [0.2, 0.25) is 0 Å². The van der Waals surface area contributed by atoms with Crippen molar-refractivity contribution in [3.05, 3.63) is 30.4 Å². The van der Waals surface area contributed by atoms with Crippen LogP contribution in [0, 0.1) is 0 Å². The maximum absolute atomic E-state index is 4.44. The summed E-state index contributed by atoms with van der Waals surface area (Å²) in [5, 5.41) is 8.86. The standard InChI is InChI=1S/C15H18N4/c1-2-7-15(8-3-1)9-4-13-17-18-14(19(13)15)12-5-10-16-11-6-12/h5-6,10-11H,1-4,7-9H2. The molecule has 0 N–H and O–H groups in total. The Balaban J connectivity index is 1.84. The number of aryl methyl sites for hydroxylation is 1. The lowest BCUT2D eigenvalue weighted by molar-refractivity contribution is 0.206. The zero-order valence-corrected chi connectivity index (χ0v) is 11.0. The van der Waals surface area contributed by atoms with Gasteiger partial charge in [0, 0.05) is 29.9 Å². The van der Waals surface area contributed by atoms with Crippen LogP contribution in [0.4, 0.5) is 0 Å². The summed E-state index contributed by atoms with van der Waals surface area (Å²) >= 11 is 0. The van der Waals surface area contributed by atoms with Crippen LogP contribution < -0.4 is 0 Å². The zero-order valence-electron chi connectivity index (χ0n) is 11.0. The number of aromatic nitrogens is 4. The summed E-state index contributed by atoms with van der Waals surface area (Å²) in [6, 6.07) is 4.07. The summed E-state index contributed by atoms with van der Waals surface area (Å²) in [4.78, 5) is 4.10. The van der Waals surface area contributed by atoms with Crippen LogP contribution in [0.1, 0.15) is 44.3 Å². The zero-order chi connectivity index (χ0) is 12.7. The van der Waals surface area contributed by atoms with Gasteiger partial charge in [-0.05, 0) is 31.4 Å². The van der Waals surface area contributed by atoms with Crippen LogP contribution in [0.25, 0.3) is 11.4 Å². The van der Waals surface area contributed by atoms with Gasteiger partial charge in [0.15, 0.2) is 5.82 Å². The van der Waals surface area contributed by atoms with Gasteiger partial charge in [0.1, 0.15) is 5.82 Å². The minimum atomic E-state index is 0.301. The van der Waals surface area contributed by atoms with Gasteiger partial charge in [0.05, 0.1) is 0 Å². The SMILES string of the molecule is c1cc(-c2nnc3n2C2(CCCCC2)CC3)ccn1. The van der Waals surface area contributed by atoms with Gasteiger partial charge in [-0.2, -0.15) is 0 Å². The van der Waals surface area contributed by atoms with Gasteiger partial charge in [-0.3, -0.25) is 4.98 Å². The number of nitrogens with zero attached hydrogens (tertiary/aromatic N) is 4. The van der Waals surface area contributed by atoms with E-state index in [4.69, 9.17) is 0 Å². The van der Waals surface area contributed by atoms with Crippen molar-refractivity contribution in [2.45, 2.75) is 50.5 Å². The van der Waals surface area contributed by atoms with Crippen LogP contribution in [-0.2, 0) is 12.0 Å². The third-order valence-corrected chi connectivity index (χ3v) is 4.74. The maximum atomic E-state index is 4.44. The van der Waals surface area contributed by atoms with Gasteiger partial charge in [-0.15, -0.1) is 10.2 Å². The molecule has 4 nitrogen and oxygen atoms in total. The fourth-order valence-electron chi connectivity index (χ4n) is 3.80. The third-order valence-electron chi connectivity index (χ3n) is 4.74. The molecule has 0 aromatic carbocycles. The van der Waals surface area contributed by atoms with Crippen molar-refractivity contribution in [3.8, 4) is 11.4 Å². The van der Waals surface area contributed by atoms with Crippen molar-refractivity contribution in [2.24, 2.45) is 0 Å². The smallest absolute Gasteiger partial charge is 0.164 e. The van der Waals surface area contributed by atoms with Crippen molar-refractivity contribution in [3.63, 3.8) is 0 Å². The third kappa shape index (κ3) is 1.62. The van der Waals surface area contributed by atoms with Gasteiger partial charge in [-0.1, -0.05) is 19.3 Å². The van der Waals surface area contributed by atoms with Gasteiger partial charge < -0.3 is 4.57 Å². The molecule has 1 aliphatic heterocycles. The fraction of sp³-hybridized carbons (Fsp3) is 0.533. The molecule has 3 heterocycles. The van der Waals surface area contributed by atoms with Gasteiger partial charge in [-0.25, -0.2) is 0 Å². The molecule has 1 aliphatic carbocycles. The van der Waals surface area contributed by atoms with Crippen molar-refractivity contribution >= 4 is 0 Å². The molecule has 1 spiro atoms.